The number of hydrogen-bond acceptors (Lipinski definition) is 4. The zero-order valence-electron chi connectivity index (χ0n) is 27.2. The lowest BCUT2D eigenvalue weighted by Crippen LogP contribution is -2.14. The third-order valence-corrected chi connectivity index (χ3v) is 8.56. The fraction of sp³-hybridized carbons (Fsp3) is 0.220. The van der Waals surface area contributed by atoms with Crippen molar-refractivity contribution in [3.8, 4) is 17.2 Å². The van der Waals surface area contributed by atoms with Crippen LogP contribution in [0.25, 0.3) is 0 Å². The molecule has 2 N–H and O–H groups in total. The molecule has 5 nitrogen and oxygen atoms in total. The number of hydrogen-bond donors (Lipinski definition) is 2. The summed E-state index contributed by atoms with van der Waals surface area (Å²) in [7, 11) is 0. The predicted octanol–water partition coefficient (Wildman–Crippen LogP) is 10.2. The van der Waals surface area contributed by atoms with E-state index < -0.39 is 11.9 Å². The van der Waals surface area contributed by atoms with Crippen molar-refractivity contribution in [1.29, 1.82) is 0 Å². The number of rotatable bonds is 10. The lowest BCUT2D eigenvalue weighted by molar-refractivity contribution is 0.0695. The number of carboxylic acid groups (broad SMARTS) is 1. The van der Waals surface area contributed by atoms with Gasteiger partial charge < -0.3 is 14.9 Å². The van der Waals surface area contributed by atoms with Crippen LogP contribution >= 0.6 is 0 Å². The van der Waals surface area contributed by atoms with E-state index >= 15 is 0 Å². The second kappa shape index (κ2) is 13.5. The van der Waals surface area contributed by atoms with Crippen LogP contribution in [0.2, 0.25) is 0 Å². The molecule has 5 aromatic rings. The first-order valence-electron chi connectivity index (χ1n) is 15.6. The SMILES string of the molecule is Cc1cc(O)c(C(C)C)cc1C(c1cc(C(C)C)c(Oc2ccc(C(=O)c3ccccc3)cc2)cc1C)c1ccccc1C(=O)O. The Hall–Kier alpha value is -5.16. The zero-order valence-corrected chi connectivity index (χ0v) is 27.2. The molecule has 0 amide bonds. The van der Waals surface area contributed by atoms with Crippen molar-refractivity contribution in [2.24, 2.45) is 0 Å². The minimum absolute atomic E-state index is 0.0481. The van der Waals surface area contributed by atoms with E-state index in [1.54, 1.807) is 42.5 Å². The molecule has 0 saturated carbocycles. The largest absolute Gasteiger partial charge is 0.508 e. The van der Waals surface area contributed by atoms with Gasteiger partial charge in [0.1, 0.15) is 17.2 Å². The van der Waals surface area contributed by atoms with Crippen molar-refractivity contribution < 1.29 is 24.5 Å². The maximum atomic E-state index is 12.9. The topological polar surface area (TPSA) is 83.8 Å². The summed E-state index contributed by atoms with van der Waals surface area (Å²) in [6, 6.07) is 31.5. The average molecular weight is 613 g/mol. The van der Waals surface area contributed by atoms with E-state index in [4.69, 9.17) is 4.74 Å². The van der Waals surface area contributed by atoms with Gasteiger partial charge in [-0.15, -0.1) is 0 Å². The molecule has 1 atom stereocenters. The van der Waals surface area contributed by atoms with Gasteiger partial charge in [-0.1, -0.05) is 88.4 Å². The first kappa shape index (κ1) is 32.2. The van der Waals surface area contributed by atoms with Gasteiger partial charge in [-0.3, -0.25) is 4.79 Å². The van der Waals surface area contributed by atoms with Crippen LogP contribution in [0.3, 0.4) is 0 Å². The maximum Gasteiger partial charge on any atom is 0.335 e. The number of carbonyl (C=O) groups excluding carboxylic acids is 1. The van der Waals surface area contributed by atoms with Crippen LogP contribution < -0.4 is 4.74 Å². The number of phenolic OH excluding ortho intramolecular Hbond substituents is 1. The zero-order chi connectivity index (χ0) is 33.1. The molecular weight excluding hydrogens is 572 g/mol. The second-order valence-electron chi connectivity index (χ2n) is 12.5. The number of benzene rings is 5. The summed E-state index contributed by atoms with van der Waals surface area (Å²) in [4.78, 5) is 25.4. The minimum Gasteiger partial charge on any atom is -0.508 e. The Morgan fingerprint density at radius 3 is 1.76 bits per heavy atom. The van der Waals surface area contributed by atoms with Crippen molar-refractivity contribution in [2.75, 3.05) is 0 Å². The molecule has 0 saturated heterocycles. The van der Waals surface area contributed by atoms with Crippen LogP contribution in [-0.2, 0) is 0 Å². The molecule has 5 rings (SSSR count). The quantitative estimate of drug-likeness (QED) is 0.121. The molecule has 0 aliphatic heterocycles. The van der Waals surface area contributed by atoms with Crippen LogP contribution in [0.15, 0.2) is 103 Å². The lowest BCUT2D eigenvalue weighted by atomic mass is 9.77. The van der Waals surface area contributed by atoms with Gasteiger partial charge in [0.05, 0.1) is 5.56 Å². The molecule has 5 heteroatoms. The number of aromatic hydroxyl groups is 1. The molecule has 234 valence electrons. The smallest absolute Gasteiger partial charge is 0.335 e. The minimum atomic E-state index is -0.989. The Balaban J connectivity index is 1.61. The lowest BCUT2D eigenvalue weighted by Gasteiger charge is -2.27. The first-order valence-corrected chi connectivity index (χ1v) is 15.6. The number of phenols is 1. The van der Waals surface area contributed by atoms with Crippen molar-refractivity contribution in [3.05, 3.63) is 159 Å². The van der Waals surface area contributed by atoms with Crippen molar-refractivity contribution in [3.63, 3.8) is 0 Å². The summed E-state index contributed by atoms with van der Waals surface area (Å²) >= 11 is 0. The van der Waals surface area contributed by atoms with E-state index in [9.17, 15) is 19.8 Å². The summed E-state index contributed by atoms with van der Waals surface area (Å²) in [6.07, 6.45) is 0. The second-order valence-corrected chi connectivity index (χ2v) is 12.5. The third kappa shape index (κ3) is 6.59. The van der Waals surface area contributed by atoms with E-state index in [2.05, 4.69) is 19.9 Å². The molecule has 0 aliphatic rings. The normalized spacial score (nSPS) is 11.9. The summed E-state index contributed by atoms with van der Waals surface area (Å²) in [5, 5.41) is 21.0. The van der Waals surface area contributed by atoms with Gasteiger partial charge in [0.15, 0.2) is 5.78 Å². The number of ether oxygens (including phenoxy) is 1. The monoisotopic (exact) mass is 612 g/mol. The molecule has 0 aromatic heterocycles. The number of carbonyl (C=O) groups is 2. The van der Waals surface area contributed by atoms with Crippen LogP contribution in [-0.4, -0.2) is 22.0 Å². The highest BCUT2D eigenvalue weighted by atomic mass is 16.5. The van der Waals surface area contributed by atoms with E-state index in [-0.39, 0.29) is 28.9 Å². The van der Waals surface area contributed by atoms with Crippen LogP contribution in [0, 0.1) is 13.8 Å². The molecule has 0 heterocycles. The van der Waals surface area contributed by atoms with Gasteiger partial charge in [0.25, 0.3) is 0 Å². The standard InChI is InChI=1S/C41H40O5/c1-24(2)33-22-35(26(5)20-37(33)42)39(31-14-10-11-15-32(31)41(44)45)36-23-34(25(3)4)38(21-27(36)6)46-30-18-16-29(17-19-30)40(43)28-12-8-7-9-13-28/h7-25,39,42H,1-6H3,(H,44,45). The van der Waals surface area contributed by atoms with Crippen LogP contribution in [0.5, 0.6) is 17.2 Å². The Labute approximate surface area is 271 Å². The highest BCUT2D eigenvalue weighted by molar-refractivity contribution is 6.09. The summed E-state index contributed by atoms with van der Waals surface area (Å²) in [5.74, 6) is 0.283. The van der Waals surface area contributed by atoms with Gasteiger partial charge >= 0.3 is 5.97 Å². The van der Waals surface area contributed by atoms with Crippen molar-refractivity contribution in [2.45, 2.75) is 59.3 Å². The Morgan fingerprint density at radius 1 is 0.609 bits per heavy atom. The molecule has 0 bridgehead atoms. The fourth-order valence-electron chi connectivity index (χ4n) is 6.07. The third-order valence-electron chi connectivity index (χ3n) is 8.56. The number of carboxylic acids is 1. The molecule has 1 unspecified atom stereocenters. The van der Waals surface area contributed by atoms with Gasteiger partial charge in [-0.25, -0.2) is 4.79 Å². The van der Waals surface area contributed by atoms with E-state index in [0.29, 0.717) is 28.2 Å². The van der Waals surface area contributed by atoms with Crippen molar-refractivity contribution in [1.82, 2.24) is 0 Å². The van der Waals surface area contributed by atoms with Gasteiger partial charge in [0.2, 0.25) is 0 Å². The molecule has 46 heavy (non-hydrogen) atoms. The molecule has 0 fully saturated rings. The highest BCUT2D eigenvalue weighted by Crippen LogP contribution is 2.43. The van der Waals surface area contributed by atoms with Gasteiger partial charge in [-0.05, 0) is 107 Å². The van der Waals surface area contributed by atoms with E-state index in [1.807, 2.05) is 82.3 Å². The molecule has 5 aromatic carbocycles. The van der Waals surface area contributed by atoms with Crippen LogP contribution in [0.4, 0.5) is 0 Å². The first-order chi connectivity index (χ1) is 22.0. The molecule has 0 radical (unpaired) electrons. The number of ketones is 1. The van der Waals surface area contributed by atoms with Gasteiger partial charge in [0, 0.05) is 17.0 Å². The Morgan fingerprint density at radius 2 is 1.15 bits per heavy atom. The number of aromatic carboxylic acids is 1. The molecule has 0 spiro atoms. The molecule has 0 aliphatic carbocycles. The van der Waals surface area contributed by atoms with E-state index in [1.165, 1.54) is 0 Å². The number of aryl methyl sites for hydroxylation is 2. The maximum absolute atomic E-state index is 12.9. The summed E-state index contributed by atoms with van der Waals surface area (Å²) in [6.45, 7) is 12.2. The van der Waals surface area contributed by atoms with Crippen LogP contribution in [0.1, 0.15) is 111 Å². The Kier molecular flexibility index (Phi) is 9.43. The molecular formula is C41H40O5. The summed E-state index contributed by atoms with van der Waals surface area (Å²) < 4.78 is 6.45. The predicted molar refractivity (Wildman–Crippen MR) is 183 cm³/mol. The Bertz CT molecular complexity index is 1890. The van der Waals surface area contributed by atoms with E-state index in [0.717, 1.165) is 33.4 Å². The highest BCUT2D eigenvalue weighted by Gasteiger charge is 2.28. The summed E-state index contributed by atoms with van der Waals surface area (Å²) in [5.41, 5.74) is 7.66. The average Bonchev–Trinajstić information content (AvgIpc) is 3.03. The van der Waals surface area contributed by atoms with Crippen molar-refractivity contribution >= 4 is 11.8 Å². The fourth-order valence-corrected chi connectivity index (χ4v) is 6.07. The van der Waals surface area contributed by atoms with Gasteiger partial charge in [-0.2, -0.15) is 0 Å².